The van der Waals surface area contributed by atoms with E-state index in [0.29, 0.717) is 25.9 Å². The molecule has 1 saturated heterocycles. The number of methoxy groups -OCH3 is 1. The van der Waals surface area contributed by atoms with E-state index in [1.54, 1.807) is 7.11 Å². The lowest BCUT2D eigenvalue weighted by molar-refractivity contribution is -0.126. The molecule has 1 N–H and O–H groups in total. The van der Waals surface area contributed by atoms with E-state index in [2.05, 4.69) is 5.32 Å². The largest absolute Gasteiger partial charge is 0.497 e. The third-order valence-corrected chi connectivity index (χ3v) is 6.53. The van der Waals surface area contributed by atoms with Crippen molar-refractivity contribution in [1.82, 2.24) is 13.9 Å². The Hall–Kier alpha value is -1.64. The summed E-state index contributed by atoms with van der Waals surface area (Å²) in [5.74, 6) is 0.594. The molecule has 1 aromatic carbocycles. The van der Waals surface area contributed by atoms with Gasteiger partial charge in [0.1, 0.15) is 5.75 Å². The molecule has 1 fully saturated rings. The van der Waals surface area contributed by atoms with Crippen LogP contribution < -0.4 is 10.1 Å². The summed E-state index contributed by atoms with van der Waals surface area (Å²) in [5.41, 5.74) is 1.00. The molecular weight excluding hydrogens is 342 g/mol. The van der Waals surface area contributed by atoms with Gasteiger partial charge < -0.3 is 10.1 Å². The van der Waals surface area contributed by atoms with Crippen LogP contribution in [0.25, 0.3) is 0 Å². The van der Waals surface area contributed by atoms with Crippen LogP contribution in [0.2, 0.25) is 0 Å². The fourth-order valence-electron chi connectivity index (χ4n) is 2.89. The lowest BCUT2D eigenvalue weighted by Crippen LogP contribution is -2.47. The maximum atomic E-state index is 12.5. The second-order valence-corrected chi connectivity index (χ2v) is 8.61. The minimum Gasteiger partial charge on any atom is -0.497 e. The molecule has 1 atom stereocenters. The standard InChI is InChI=1S/C17H27N3O4S/c1-13(14-5-7-16(24-4)8-6-14)18-17(21)15-9-11-20(12-10-15)25(22,23)19(2)3/h5-8,13,15H,9-12H2,1-4H3,(H,18,21)/t13-/m1/s1. The number of piperidine rings is 1. The molecule has 0 spiro atoms. The first kappa shape index (κ1) is 19.7. The predicted molar refractivity (Wildman–Crippen MR) is 96.5 cm³/mol. The number of hydrogen-bond donors (Lipinski definition) is 1. The van der Waals surface area contributed by atoms with Gasteiger partial charge in [-0.2, -0.15) is 17.0 Å². The van der Waals surface area contributed by atoms with Crippen molar-refractivity contribution in [3.8, 4) is 5.75 Å². The first-order valence-corrected chi connectivity index (χ1v) is 9.77. The van der Waals surface area contributed by atoms with Gasteiger partial charge in [-0.1, -0.05) is 12.1 Å². The number of benzene rings is 1. The Morgan fingerprint density at radius 1 is 1.24 bits per heavy atom. The summed E-state index contributed by atoms with van der Waals surface area (Å²) in [6.45, 7) is 2.68. The Bertz CT molecular complexity index is 680. The fraction of sp³-hybridized carbons (Fsp3) is 0.588. The van der Waals surface area contributed by atoms with Crippen LogP contribution in [0.1, 0.15) is 31.4 Å². The van der Waals surface area contributed by atoms with Crippen molar-refractivity contribution >= 4 is 16.1 Å². The summed E-state index contributed by atoms with van der Waals surface area (Å²) in [7, 11) is 1.25. The fourth-order valence-corrected chi connectivity index (χ4v) is 4.02. The van der Waals surface area contributed by atoms with E-state index in [0.717, 1.165) is 11.3 Å². The van der Waals surface area contributed by atoms with Crippen LogP contribution in [0.4, 0.5) is 0 Å². The Morgan fingerprint density at radius 3 is 2.28 bits per heavy atom. The lowest BCUT2D eigenvalue weighted by atomic mass is 9.96. The molecule has 0 saturated carbocycles. The molecule has 0 unspecified atom stereocenters. The third-order valence-electron chi connectivity index (χ3n) is 4.59. The highest BCUT2D eigenvalue weighted by Gasteiger charge is 2.32. The van der Waals surface area contributed by atoms with E-state index < -0.39 is 10.2 Å². The van der Waals surface area contributed by atoms with Crippen LogP contribution in [0.5, 0.6) is 5.75 Å². The van der Waals surface area contributed by atoms with Crippen molar-refractivity contribution < 1.29 is 17.9 Å². The van der Waals surface area contributed by atoms with Gasteiger partial charge in [0.05, 0.1) is 13.2 Å². The maximum Gasteiger partial charge on any atom is 0.281 e. The molecule has 1 aliphatic heterocycles. The number of carbonyl (C=O) groups is 1. The van der Waals surface area contributed by atoms with Gasteiger partial charge in [0.25, 0.3) is 10.2 Å². The molecule has 1 aromatic rings. The first-order chi connectivity index (χ1) is 11.8. The van der Waals surface area contributed by atoms with Gasteiger partial charge in [-0.05, 0) is 37.5 Å². The van der Waals surface area contributed by atoms with Gasteiger partial charge in [0.2, 0.25) is 5.91 Å². The molecule has 1 aliphatic rings. The van der Waals surface area contributed by atoms with Crippen molar-refractivity contribution in [2.24, 2.45) is 5.92 Å². The van der Waals surface area contributed by atoms with Crippen molar-refractivity contribution in [3.05, 3.63) is 29.8 Å². The smallest absolute Gasteiger partial charge is 0.281 e. The Morgan fingerprint density at radius 2 is 1.80 bits per heavy atom. The van der Waals surface area contributed by atoms with Gasteiger partial charge in [0.15, 0.2) is 0 Å². The molecule has 0 radical (unpaired) electrons. The van der Waals surface area contributed by atoms with Crippen LogP contribution >= 0.6 is 0 Å². The molecule has 8 heteroatoms. The first-order valence-electron chi connectivity index (χ1n) is 8.37. The van der Waals surface area contributed by atoms with Gasteiger partial charge in [0, 0.05) is 33.1 Å². The lowest BCUT2D eigenvalue weighted by Gasteiger charge is -2.32. The molecule has 2 rings (SSSR count). The summed E-state index contributed by atoms with van der Waals surface area (Å²) in [6, 6.07) is 7.47. The van der Waals surface area contributed by atoms with Crippen LogP contribution in [0.15, 0.2) is 24.3 Å². The molecule has 25 heavy (non-hydrogen) atoms. The number of carbonyl (C=O) groups excluding carboxylic acids is 1. The zero-order valence-corrected chi connectivity index (χ0v) is 16.0. The number of nitrogens with one attached hydrogen (secondary N) is 1. The van der Waals surface area contributed by atoms with Crippen molar-refractivity contribution in [2.45, 2.75) is 25.8 Å². The van der Waals surface area contributed by atoms with E-state index in [1.807, 2.05) is 31.2 Å². The normalized spacial score (nSPS) is 18.1. The summed E-state index contributed by atoms with van der Waals surface area (Å²) in [6.07, 6.45) is 1.07. The molecular formula is C17H27N3O4S. The number of amides is 1. The number of nitrogens with zero attached hydrogens (tertiary/aromatic N) is 2. The van der Waals surface area contributed by atoms with E-state index in [9.17, 15) is 13.2 Å². The van der Waals surface area contributed by atoms with Gasteiger partial charge >= 0.3 is 0 Å². The second-order valence-electron chi connectivity index (χ2n) is 6.47. The highest BCUT2D eigenvalue weighted by atomic mass is 32.2. The summed E-state index contributed by atoms with van der Waals surface area (Å²) in [5, 5.41) is 3.02. The zero-order chi connectivity index (χ0) is 18.6. The quantitative estimate of drug-likeness (QED) is 0.822. The highest BCUT2D eigenvalue weighted by molar-refractivity contribution is 7.86. The van der Waals surface area contributed by atoms with E-state index >= 15 is 0 Å². The van der Waals surface area contributed by atoms with Crippen LogP contribution in [0, 0.1) is 5.92 Å². The molecule has 1 amide bonds. The average Bonchev–Trinajstić information content (AvgIpc) is 2.61. The Labute approximate surface area is 150 Å². The molecule has 1 heterocycles. The monoisotopic (exact) mass is 369 g/mol. The van der Waals surface area contributed by atoms with E-state index in [1.165, 1.54) is 22.7 Å². The van der Waals surface area contributed by atoms with Crippen molar-refractivity contribution in [1.29, 1.82) is 0 Å². The van der Waals surface area contributed by atoms with Gasteiger partial charge in [-0.3, -0.25) is 4.79 Å². The number of rotatable bonds is 6. The summed E-state index contributed by atoms with van der Waals surface area (Å²) >= 11 is 0. The maximum absolute atomic E-state index is 12.5. The summed E-state index contributed by atoms with van der Waals surface area (Å²) < 4.78 is 32.0. The van der Waals surface area contributed by atoms with Gasteiger partial charge in [-0.15, -0.1) is 0 Å². The Balaban J connectivity index is 1.89. The highest BCUT2D eigenvalue weighted by Crippen LogP contribution is 2.23. The number of ether oxygens (including phenoxy) is 1. The van der Waals surface area contributed by atoms with Crippen molar-refractivity contribution in [2.75, 3.05) is 34.3 Å². The van der Waals surface area contributed by atoms with Crippen LogP contribution in [-0.2, 0) is 15.0 Å². The minimum atomic E-state index is -3.40. The van der Waals surface area contributed by atoms with Gasteiger partial charge in [-0.25, -0.2) is 0 Å². The Kier molecular flexibility index (Phi) is 6.42. The zero-order valence-electron chi connectivity index (χ0n) is 15.2. The van der Waals surface area contributed by atoms with E-state index in [-0.39, 0.29) is 17.9 Å². The molecule has 140 valence electrons. The molecule has 0 aromatic heterocycles. The molecule has 7 nitrogen and oxygen atoms in total. The molecule has 0 bridgehead atoms. The predicted octanol–water partition coefficient (Wildman–Crippen LogP) is 1.39. The summed E-state index contributed by atoms with van der Waals surface area (Å²) in [4.78, 5) is 12.5. The minimum absolute atomic E-state index is 0.0229. The number of hydrogen-bond acceptors (Lipinski definition) is 4. The average molecular weight is 369 g/mol. The molecule has 0 aliphatic carbocycles. The third kappa shape index (κ3) is 4.71. The SMILES string of the molecule is COc1ccc([C@@H](C)NC(=O)C2CCN(S(=O)(=O)N(C)C)CC2)cc1. The van der Waals surface area contributed by atoms with Crippen LogP contribution in [-0.4, -0.2) is 57.2 Å². The van der Waals surface area contributed by atoms with Crippen LogP contribution in [0.3, 0.4) is 0 Å². The second kappa shape index (κ2) is 8.16. The van der Waals surface area contributed by atoms with Crippen molar-refractivity contribution in [3.63, 3.8) is 0 Å². The topological polar surface area (TPSA) is 79.0 Å². The van der Waals surface area contributed by atoms with E-state index in [4.69, 9.17) is 4.74 Å².